The Morgan fingerprint density at radius 3 is 2.50 bits per heavy atom. The van der Waals surface area contributed by atoms with E-state index in [0.717, 1.165) is 38.6 Å². The molecule has 1 fully saturated rings. The highest BCUT2D eigenvalue weighted by Crippen LogP contribution is 2.30. The van der Waals surface area contributed by atoms with E-state index in [4.69, 9.17) is 5.84 Å². The monoisotopic (exact) mass is 252 g/mol. The van der Waals surface area contributed by atoms with Crippen LogP contribution in [0.15, 0.2) is 11.3 Å². The molecule has 4 nitrogen and oxygen atoms in total. The van der Waals surface area contributed by atoms with E-state index in [2.05, 4.69) is 24.1 Å². The molecule has 2 heterocycles. The molecular formula is C14H28N4. The second kappa shape index (κ2) is 6.04. The van der Waals surface area contributed by atoms with E-state index in [9.17, 15) is 0 Å². The van der Waals surface area contributed by atoms with E-state index in [-0.39, 0.29) is 0 Å². The highest BCUT2D eigenvalue weighted by molar-refractivity contribution is 5.21. The fourth-order valence-electron chi connectivity index (χ4n) is 3.19. The fraction of sp³-hybridized carbons (Fsp3) is 0.857. The van der Waals surface area contributed by atoms with Crippen LogP contribution in [0.1, 0.15) is 33.1 Å². The lowest BCUT2D eigenvalue weighted by Crippen LogP contribution is -2.59. The highest BCUT2D eigenvalue weighted by atomic mass is 15.4. The van der Waals surface area contributed by atoms with Crippen LogP contribution in [0.5, 0.6) is 0 Å². The van der Waals surface area contributed by atoms with Gasteiger partial charge < -0.3 is 10.3 Å². The molecular weight excluding hydrogens is 224 g/mol. The first-order valence-corrected chi connectivity index (χ1v) is 7.32. The van der Waals surface area contributed by atoms with Gasteiger partial charge in [-0.05, 0) is 24.3 Å². The highest BCUT2D eigenvalue weighted by Gasteiger charge is 2.31. The van der Waals surface area contributed by atoms with Crippen molar-refractivity contribution in [1.82, 2.24) is 15.2 Å². The summed E-state index contributed by atoms with van der Waals surface area (Å²) in [6, 6.07) is 0.749. The molecule has 0 aromatic rings. The topological polar surface area (TPSA) is 44.5 Å². The average Bonchev–Trinajstić information content (AvgIpc) is 2.28. The zero-order chi connectivity index (χ0) is 13.1. The van der Waals surface area contributed by atoms with E-state index in [1.54, 1.807) is 5.57 Å². The summed E-state index contributed by atoms with van der Waals surface area (Å²) in [5.41, 5.74) is 2.97. The maximum Gasteiger partial charge on any atom is 0.0348 e. The summed E-state index contributed by atoms with van der Waals surface area (Å²) in [7, 11) is 1.98. The van der Waals surface area contributed by atoms with Crippen molar-refractivity contribution < 1.29 is 0 Å². The first-order valence-electron chi connectivity index (χ1n) is 7.32. The molecule has 1 saturated heterocycles. The SMILES string of the molecule is CCC(CC)C1=C(N(C)N)CCN(C2CNC2)C1. The summed E-state index contributed by atoms with van der Waals surface area (Å²) in [4.78, 5) is 2.64. The molecule has 18 heavy (non-hydrogen) atoms. The van der Waals surface area contributed by atoms with Gasteiger partial charge in [-0.2, -0.15) is 0 Å². The lowest BCUT2D eigenvalue weighted by Gasteiger charge is -2.43. The number of hydrazine groups is 1. The van der Waals surface area contributed by atoms with Crippen LogP contribution in [0, 0.1) is 5.92 Å². The van der Waals surface area contributed by atoms with Crippen molar-refractivity contribution in [2.45, 2.75) is 39.2 Å². The third-order valence-corrected chi connectivity index (χ3v) is 4.56. The van der Waals surface area contributed by atoms with Crippen molar-refractivity contribution in [1.29, 1.82) is 0 Å². The molecule has 0 bridgehead atoms. The van der Waals surface area contributed by atoms with Gasteiger partial charge in [0.25, 0.3) is 0 Å². The molecule has 104 valence electrons. The van der Waals surface area contributed by atoms with Gasteiger partial charge in [-0.3, -0.25) is 4.90 Å². The Morgan fingerprint density at radius 1 is 1.39 bits per heavy atom. The Bertz CT molecular complexity index is 303. The van der Waals surface area contributed by atoms with Crippen LogP contribution in [0.4, 0.5) is 0 Å². The van der Waals surface area contributed by atoms with Crippen molar-refractivity contribution >= 4 is 0 Å². The third-order valence-electron chi connectivity index (χ3n) is 4.56. The van der Waals surface area contributed by atoms with Gasteiger partial charge in [-0.25, -0.2) is 5.84 Å². The van der Waals surface area contributed by atoms with Gasteiger partial charge in [0.05, 0.1) is 0 Å². The maximum atomic E-state index is 6.02. The molecule has 2 aliphatic heterocycles. The number of nitrogens with two attached hydrogens (primary N) is 1. The van der Waals surface area contributed by atoms with Gasteiger partial charge in [0, 0.05) is 51.4 Å². The van der Waals surface area contributed by atoms with Crippen LogP contribution in [-0.2, 0) is 0 Å². The minimum Gasteiger partial charge on any atom is -0.318 e. The van der Waals surface area contributed by atoms with Gasteiger partial charge in [0.2, 0.25) is 0 Å². The molecule has 0 spiro atoms. The Morgan fingerprint density at radius 2 is 2.06 bits per heavy atom. The predicted molar refractivity (Wildman–Crippen MR) is 75.9 cm³/mol. The lowest BCUT2D eigenvalue weighted by atomic mass is 9.87. The summed E-state index contributed by atoms with van der Waals surface area (Å²) in [5, 5.41) is 5.22. The van der Waals surface area contributed by atoms with Crippen LogP contribution in [-0.4, -0.2) is 49.2 Å². The van der Waals surface area contributed by atoms with Gasteiger partial charge in [-0.15, -0.1) is 0 Å². The molecule has 0 unspecified atom stereocenters. The normalized spacial score (nSPS) is 22.5. The minimum absolute atomic E-state index is 0.696. The van der Waals surface area contributed by atoms with Crippen LogP contribution in [0.3, 0.4) is 0 Å². The van der Waals surface area contributed by atoms with Gasteiger partial charge in [0.15, 0.2) is 0 Å². The Balaban J connectivity index is 2.14. The number of hydrogen-bond donors (Lipinski definition) is 2. The number of nitrogens with one attached hydrogen (secondary N) is 1. The zero-order valence-corrected chi connectivity index (χ0v) is 12.1. The quantitative estimate of drug-likeness (QED) is 0.569. The molecule has 3 N–H and O–H groups in total. The largest absolute Gasteiger partial charge is 0.318 e. The predicted octanol–water partition coefficient (Wildman–Crippen LogP) is 1.16. The molecule has 2 rings (SSSR count). The van der Waals surface area contributed by atoms with Crippen LogP contribution in [0.25, 0.3) is 0 Å². The van der Waals surface area contributed by atoms with Crippen molar-refractivity contribution in [2.75, 3.05) is 33.2 Å². The number of rotatable bonds is 5. The molecule has 0 aromatic carbocycles. The Labute approximate surface area is 111 Å². The van der Waals surface area contributed by atoms with Crippen molar-refractivity contribution in [3.8, 4) is 0 Å². The third kappa shape index (κ3) is 2.71. The zero-order valence-electron chi connectivity index (χ0n) is 12.1. The summed E-state index contributed by atoms with van der Waals surface area (Å²) < 4.78 is 0. The molecule has 2 aliphatic rings. The Kier molecular flexibility index (Phi) is 4.65. The first kappa shape index (κ1) is 13.8. The molecule has 0 radical (unpaired) electrons. The molecule has 0 atom stereocenters. The van der Waals surface area contributed by atoms with E-state index in [1.807, 2.05) is 12.1 Å². The van der Waals surface area contributed by atoms with E-state index < -0.39 is 0 Å². The second-order valence-electron chi connectivity index (χ2n) is 5.63. The van der Waals surface area contributed by atoms with Crippen LogP contribution in [0.2, 0.25) is 0 Å². The van der Waals surface area contributed by atoms with Crippen LogP contribution < -0.4 is 11.2 Å². The van der Waals surface area contributed by atoms with Crippen molar-refractivity contribution in [3.63, 3.8) is 0 Å². The fourth-order valence-corrected chi connectivity index (χ4v) is 3.19. The van der Waals surface area contributed by atoms with Gasteiger partial charge >= 0.3 is 0 Å². The minimum atomic E-state index is 0.696. The number of nitrogens with zero attached hydrogens (tertiary/aromatic N) is 2. The molecule has 0 saturated carbocycles. The summed E-state index contributed by atoms with van der Waals surface area (Å²) in [6.45, 7) is 9.18. The summed E-state index contributed by atoms with van der Waals surface area (Å²) in [5.74, 6) is 6.71. The first-order chi connectivity index (χ1) is 8.67. The van der Waals surface area contributed by atoms with Crippen molar-refractivity contribution in [2.24, 2.45) is 11.8 Å². The molecule has 0 aliphatic carbocycles. The molecule has 4 heteroatoms. The lowest BCUT2D eigenvalue weighted by molar-refractivity contribution is 0.138. The van der Waals surface area contributed by atoms with E-state index >= 15 is 0 Å². The standard InChI is InChI=1S/C14H28N4/c1-4-11(5-2)13-10-18(12-8-16-9-12)7-6-14(13)17(3)15/h11-12,16H,4-10,15H2,1-3H3. The average molecular weight is 252 g/mol. The van der Waals surface area contributed by atoms with Crippen LogP contribution >= 0.6 is 0 Å². The molecule has 0 amide bonds. The summed E-state index contributed by atoms with van der Waals surface area (Å²) in [6.07, 6.45) is 3.55. The van der Waals surface area contributed by atoms with Gasteiger partial charge in [-0.1, -0.05) is 13.8 Å². The Hall–Kier alpha value is -0.580. The van der Waals surface area contributed by atoms with Crippen molar-refractivity contribution in [3.05, 3.63) is 11.3 Å². The maximum absolute atomic E-state index is 6.02. The second-order valence-corrected chi connectivity index (χ2v) is 5.63. The molecule has 0 aromatic heterocycles. The summed E-state index contributed by atoms with van der Waals surface area (Å²) >= 11 is 0. The van der Waals surface area contributed by atoms with E-state index in [1.165, 1.54) is 18.5 Å². The number of hydrogen-bond acceptors (Lipinski definition) is 4. The van der Waals surface area contributed by atoms with Gasteiger partial charge in [0.1, 0.15) is 0 Å². The van der Waals surface area contributed by atoms with E-state index in [0.29, 0.717) is 5.92 Å². The smallest absolute Gasteiger partial charge is 0.0348 e.